The summed E-state index contributed by atoms with van der Waals surface area (Å²) < 4.78 is 27.9. The number of nitrogens with one attached hydrogen (secondary N) is 1. The van der Waals surface area contributed by atoms with E-state index in [1.54, 1.807) is 29.2 Å². The zero-order valence-electron chi connectivity index (χ0n) is 15.7. The van der Waals surface area contributed by atoms with Gasteiger partial charge in [0, 0.05) is 43.1 Å². The van der Waals surface area contributed by atoms with Crippen molar-refractivity contribution in [2.75, 3.05) is 34.2 Å². The summed E-state index contributed by atoms with van der Waals surface area (Å²) in [6.45, 7) is 6.64. The summed E-state index contributed by atoms with van der Waals surface area (Å²) in [5, 5.41) is 0. The second-order valence-electron chi connectivity index (χ2n) is 6.47. The summed E-state index contributed by atoms with van der Waals surface area (Å²) in [6, 6.07) is 13.8. The molecule has 0 unspecified atom stereocenters. The third-order valence-electron chi connectivity index (χ3n) is 4.78. The third kappa shape index (κ3) is 4.24. The molecule has 144 valence electrons. The lowest BCUT2D eigenvalue weighted by Gasteiger charge is -2.21. The van der Waals surface area contributed by atoms with Gasteiger partial charge >= 0.3 is 0 Å². The summed E-state index contributed by atoms with van der Waals surface area (Å²) in [7, 11) is -3.68. The number of nitrogens with zero attached hydrogens (tertiary/aromatic N) is 2. The largest absolute Gasteiger partial charge is 0.372 e. The highest BCUT2D eigenvalue weighted by Crippen LogP contribution is 2.25. The second kappa shape index (κ2) is 8.00. The molecule has 0 aromatic heterocycles. The van der Waals surface area contributed by atoms with Crippen LogP contribution in [0.4, 0.5) is 17.1 Å². The van der Waals surface area contributed by atoms with Crippen LogP contribution in [0.5, 0.6) is 0 Å². The Morgan fingerprint density at radius 3 is 2.15 bits per heavy atom. The number of benzene rings is 2. The monoisotopic (exact) mass is 387 g/mol. The maximum absolute atomic E-state index is 12.6. The first-order valence-electron chi connectivity index (χ1n) is 9.23. The van der Waals surface area contributed by atoms with E-state index in [1.165, 1.54) is 12.1 Å². The lowest BCUT2D eigenvalue weighted by Crippen LogP contribution is -2.23. The van der Waals surface area contributed by atoms with Crippen LogP contribution in [0.15, 0.2) is 53.4 Å². The molecule has 0 saturated carbocycles. The van der Waals surface area contributed by atoms with Gasteiger partial charge in [-0.15, -0.1) is 0 Å². The van der Waals surface area contributed by atoms with Crippen molar-refractivity contribution in [1.29, 1.82) is 0 Å². The van der Waals surface area contributed by atoms with Crippen LogP contribution >= 0.6 is 0 Å². The molecule has 0 atom stereocenters. The van der Waals surface area contributed by atoms with Crippen molar-refractivity contribution in [3.63, 3.8) is 0 Å². The standard InChI is InChI=1S/C20H25N3O3S/c1-3-22(4-2)17-9-7-16(8-10-17)21-27(25,26)19-13-11-18(12-14-19)23-15-5-6-20(23)24/h7-14,21H,3-6,15H2,1-2H3. The highest BCUT2D eigenvalue weighted by Gasteiger charge is 2.22. The van der Waals surface area contributed by atoms with E-state index in [4.69, 9.17) is 0 Å². The topological polar surface area (TPSA) is 69.7 Å². The molecule has 1 N–H and O–H groups in total. The van der Waals surface area contributed by atoms with Gasteiger partial charge in [-0.2, -0.15) is 0 Å². The molecule has 0 bridgehead atoms. The van der Waals surface area contributed by atoms with Crippen LogP contribution in [0, 0.1) is 0 Å². The molecule has 1 aliphatic rings. The van der Waals surface area contributed by atoms with Gasteiger partial charge in [-0.05, 0) is 68.8 Å². The molecule has 6 nitrogen and oxygen atoms in total. The van der Waals surface area contributed by atoms with E-state index < -0.39 is 10.0 Å². The Bertz CT molecular complexity index is 889. The Labute approximate surface area is 160 Å². The fraction of sp³-hybridized carbons (Fsp3) is 0.350. The van der Waals surface area contributed by atoms with Crippen molar-refractivity contribution >= 4 is 33.0 Å². The number of carbonyl (C=O) groups excluding carboxylic acids is 1. The van der Waals surface area contributed by atoms with E-state index in [2.05, 4.69) is 23.5 Å². The zero-order valence-corrected chi connectivity index (χ0v) is 16.5. The summed E-state index contributed by atoms with van der Waals surface area (Å²) in [5.41, 5.74) is 2.31. The fourth-order valence-electron chi connectivity index (χ4n) is 3.27. The number of sulfonamides is 1. The van der Waals surface area contributed by atoms with Gasteiger partial charge < -0.3 is 9.80 Å². The summed E-state index contributed by atoms with van der Waals surface area (Å²) in [4.78, 5) is 15.9. The van der Waals surface area contributed by atoms with Crippen molar-refractivity contribution in [1.82, 2.24) is 0 Å². The summed E-state index contributed by atoms with van der Waals surface area (Å²) in [6.07, 6.45) is 1.38. The minimum Gasteiger partial charge on any atom is -0.372 e. The Hall–Kier alpha value is -2.54. The van der Waals surface area contributed by atoms with Crippen LogP contribution in [-0.2, 0) is 14.8 Å². The number of amides is 1. The van der Waals surface area contributed by atoms with Gasteiger partial charge in [0.2, 0.25) is 5.91 Å². The normalized spacial score (nSPS) is 14.4. The Morgan fingerprint density at radius 1 is 1.00 bits per heavy atom. The quantitative estimate of drug-likeness (QED) is 0.790. The number of carbonyl (C=O) groups is 1. The summed E-state index contributed by atoms with van der Waals surface area (Å²) >= 11 is 0. The van der Waals surface area contributed by atoms with E-state index in [-0.39, 0.29) is 10.8 Å². The average Bonchev–Trinajstić information content (AvgIpc) is 3.10. The van der Waals surface area contributed by atoms with E-state index in [9.17, 15) is 13.2 Å². The maximum atomic E-state index is 12.6. The molecule has 0 spiro atoms. The molecule has 2 aromatic rings. The first kappa shape index (κ1) is 19.2. The Morgan fingerprint density at radius 2 is 1.63 bits per heavy atom. The van der Waals surface area contributed by atoms with Gasteiger partial charge in [-0.1, -0.05) is 0 Å². The van der Waals surface area contributed by atoms with Gasteiger partial charge in [-0.3, -0.25) is 9.52 Å². The molecule has 3 rings (SSSR count). The van der Waals surface area contributed by atoms with Crippen molar-refractivity contribution in [2.24, 2.45) is 0 Å². The molecule has 0 aliphatic carbocycles. The first-order chi connectivity index (χ1) is 12.9. The first-order valence-corrected chi connectivity index (χ1v) is 10.7. The highest BCUT2D eigenvalue weighted by molar-refractivity contribution is 7.92. The Kier molecular flexibility index (Phi) is 5.70. The van der Waals surface area contributed by atoms with Crippen molar-refractivity contribution in [3.8, 4) is 0 Å². The predicted octanol–water partition coefficient (Wildman–Crippen LogP) is 3.46. The third-order valence-corrected chi connectivity index (χ3v) is 6.18. The van der Waals surface area contributed by atoms with Crippen LogP contribution in [-0.4, -0.2) is 34.0 Å². The van der Waals surface area contributed by atoms with Gasteiger partial charge in [0.25, 0.3) is 10.0 Å². The van der Waals surface area contributed by atoms with Gasteiger partial charge in [0.1, 0.15) is 0 Å². The van der Waals surface area contributed by atoms with Crippen LogP contribution in [0.3, 0.4) is 0 Å². The fourth-order valence-corrected chi connectivity index (χ4v) is 4.33. The minimum atomic E-state index is -3.68. The molecule has 1 fully saturated rings. The minimum absolute atomic E-state index is 0.0806. The van der Waals surface area contributed by atoms with Crippen LogP contribution in [0.1, 0.15) is 26.7 Å². The van der Waals surface area contributed by atoms with Gasteiger partial charge in [0.05, 0.1) is 4.90 Å². The second-order valence-corrected chi connectivity index (χ2v) is 8.15. The SMILES string of the molecule is CCN(CC)c1ccc(NS(=O)(=O)c2ccc(N3CCCC3=O)cc2)cc1. The van der Waals surface area contributed by atoms with E-state index in [1.807, 2.05) is 12.1 Å². The van der Waals surface area contributed by atoms with Crippen LogP contribution < -0.4 is 14.5 Å². The zero-order chi connectivity index (χ0) is 19.4. The lowest BCUT2D eigenvalue weighted by molar-refractivity contribution is -0.117. The molecular weight excluding hydrogens is 362 g/mol. The van der Waals surface area contributed by atoms with Crippen molar-refractivity contribution < 1.29 is 13.2 Å². The predicted molar refractivity (Wildman–Crippen MR) is 109 cm³/mol. The molecule has 1 aliphatic heterocycles. The van der Waals surface area contributed by atoms with E-state index in [0.29, 0.717) is 18.7 Å². The maximum Gasteiger partial charge on any atom is 0.261 e. The molecule has 0 radical (unpaired) electrons. The molecule has 1 saturated heterocycles. The number of anilines is 3. The van der Waals surface area contributed by atoms with Crippen molar-refractivity contribution in [2.45, 2.75) is 31.6 Å². The van der Waals surface area contributed by atoms with Crippen molar-refractivity contribution in [3.05, 3.63) is 48.5 Å². The molecule has 7 heteroatoms. The molecule has 1 heterocycles. The number of hydrogen-bond donors (Lipinski definition) is 1. The van der Waals surface area contributed by atoms with Crippen LogP contribution in [0.2, 0.25) is 0 Å². The molecule has 1 amide bonds. The van der Waals surface area contributed by atoms with Gasteiger partial charge in [-0.25, -0.2) is 8.42 Å². The Balaban J connectivity index is 1.73. The van der Waals surface area contributed by atoms with E-state index in [0.717, 1.165) is 30.9 Å². The molecule has 2 aromatic carbocycles. The lowest BCUT2D eigenvalue weighted by atomic mass is 10.2. The van der Waals surface area contributed by atoms with Gasteiger partial charge in [0.15, 0.2) is 0 Å². The number of hydrogen-bond acceptors (Lipinski definition) is 4. The smallest absolute Gasteiger partial charge is 0.261 e. The van der Waals surface area contributed by atoms with E-state index >= 15 is 0 Å². The highest BCUT2D eigenvalue weighted by atomic mass is 32.2. The summed E-state index contributed by atoms with van der Waals surface area (Å²) in [5.74, 6) is 0.0806. The molecular formula is C20H25N3O3S. The van der Waals surface area contributed by atoms with Crippen LogP contribution in [0.25, 0.3) is 0 Å². The average molecular weight is 388 g/mol. The molecule has 27 heavy (non-hydrogen) atoms. The number of rotatable bonds is 7.